The Hall–Kier alpha value is -0.160. The number of aliphatic hydroxyl groups is 2. The van der Waals surface area contributed by atoms with E-state index < -0.39 is 11.8 Å². The van der Waals surface area contributed by atoms with Gasteiger partial charge in [0, 0.05) is 13.0 Å². The lowest BCUT2D eigenvalue weighted by Crippen LogP contribution is -2.55. The second kappa shape index (κ2) is 1.92. The van der Waals surface area contributed by atoms with E-state index in [1.807, 2.05) is 0 Å². The molecule has 0 saturated carbocycles. The maximum Gasteiger partial charge on any atom is 0.136 e. The molecule has 2 bridgehead atoms. The molecule has 0 radical (unpaired) electrons. The Labute approximate surface area is 58.8 Å². The van der Waals surface area contributed by atoms with E-state index >= 15 is 0 Å². The van der Waals surface area contributed by atoms with E-state index in [2.05, 4.69) is 5.32 Å². The zero-order valence-corrected chi connectivity index (χ0v) is 5.58. The lowest BCUT2D eigenvalue weighted by Gasteiger charge is -2.31. The van der Waals surface area contributed by atoms with Crippen LogP contribution in [-0.2, 0) is 4.74 Å². The van der Waals surface area contributed by atoms with Gasteiger partial charge in [0.1, 0.15) is 11.8 Å². The number of aliphatic hydroxyl groups excluding tert-OH is 1. The Kier molecular flexibility index (Phi) is 1.25. The van der Waals surface area contributed by atoms with Gasteiger partial charge in [-0.15, -0.1) is 0 Å². The zero-order valence-electron chi connectivity index (χ0n) is 5.58. The summed E-state index contributed by atoms with van der Waals surface area (Å²) in [6.07, 6.45) is -0.166. The van der Waals surface area contributed by atoms with Gasteiger partial charge in [-0.1, -0.05) is 0 Å². The highest BCUT2D eigenvalue weighted by atomic mass is 16.5. The topological polar surface area (TPSA) is 61.7 Å². The molecule has 2 heterocycles. The van der Waals surface area contributed by atoms with Gasteiger partial charge in [-0.25, -0.2) is 0 Å². The van der Waals surface area contributed by atoms with E-state index in [1.54, 1.807) is 0 Å². The molecular weight excluding hydrogens is 134 g/mol. The van der Waals surface area contributed by atoms with Gasteiger partial charge in [0.15, 0.2) is 0 Å². The number of nitrogens with one attached hydrogen (secondary N) is 1. The number of fused-ring (bicyclic) bond motifs is 2. The molecule has 2 fully saturated rings. The van der Waals surface area contributed by atoms with Gasteiger partial charge in [-0.2, -0.15) is 0 Å². The third-order valence-corrected chi connectivity index (χ3v) is 2.20. The monoisotopic (exact) mass is 145 g/mol. The molecule has 2 rings (SSSR count). The molecule has 0 spiro atoms. The summed E-state index contributed by atoms with van der Waals surface area (Å²) in [7, 11) is 0. The molecule has 2 saturated heterocycles. The standard InChI is InChI=1S/C6H11NO3/c8-5-6(9)1-4(2-7-5)10-3-6/h4-5,7-9H,1-3H2. The van der Waals surface area contributed by atoms with Crippen molar-refractivity contribution in [1.29, 1.82) is 0 Å². The summed E-state index contributed by atoms with van der Waals surface area (Å²) in [5.41, 5.74) is -1.02. The van der Waals surface area contributed by atoms with Crippen molar-refractivity contribution in [2.24, 2.45) is 0 Å². The Morgan fingerprint density at radius 2 is 2.40 bits per heavy atom. The van der Waals surface area contributed by atoms with E-state index in [4.69, 9.17) is 4.74 Å². The summed E-state index contributed by atoms with van der Waals surface area (Å²) in [5.74, 6) is 0. The molecule has 0 aromatic rings. The van der Waals surface area contributed by atoms with Gasteiger partial charge in [0.25, 0.3) is 0 Å². The van der Waals surface area contributed by atoms with Crippen LogP contribution in [0.1, 0.15) is 6.42 Å². The Balaban J connectivity index is 2.17. The average molecular weight is 145 g/mol. The van der Waals surface area contributed by atoms with Gasteiger partial charge < -0.3 is 14.9 Å². The SMILES string of the molecule is OC1NCC2CC1(O)CO2. The third kappa shape index (κ3) is 0.769. The molecular formula is C6H11NO3. The van der Waals surface area contributed by atoms with Crippen molar-refractivity contribution in [1.82, 2.24) is 5.32 Å². The van der Waals surface area contributed by atoms with Gasteiger partial charge in [0.2, 0.25) is 0 Å². The predicted octanol–water partition coefficient (Wildman–Crippen LogP) is -1.57. The van der Waals surface area contributed by atoms with E-state index in [1.165, 1.54) is 0 Å². The van der Waals surface area contributed by atoms with Gasteiger partial charge in [-0.05, 0) is 0 Å². The zero-order chi connectivity index (χ0) is 7.19. The Morgan fingerprint density at radius 1 is 1.60 bits per heavy atom. The van der Waals surface area contributed by atoms with Crippen LogP contribution in [0.3, 0.4) is 0 Å². The minimum Gasteiger partial charge on any atom is -0.383 e. The van der Waals surface area contributed by atoms with Crippen LogP contribution in [0, 0.1) is 0 Å². The number of ether oxygens (including phenoxy) is 1. The van der Waals surface area contributed by atoms with Gasteiger partial charge in [-0.3, -0.25) is 5.32 Å². The van der Waals surface area contributed by atoms with Crippen molar-refractivity contribution in [2.75, 3.05) is 13.2 Å². The molecule has 0 aromatic heterocycles. The molecule has 3 N–H and O–H groups in total. The van der Waals surface area contributed by atoms with Crippen molar-refractivity contribution in [2.45, 2.75) is 24.4 Å². The van der Waals surface area contributed by atoms with E-state index in [0.29, 0.717) is 13.0 Å². The lowest BCUT2D eigenvalue weighted by atomic mass is 9.95. The summed E-state index contributed by atoms with van der Waals surface area (Å²) >= 11 is 0. The second-order valence-corrected chi connectivity index (χ2v) is 3.05. The van der Waals surface area contributed by atoms with E-state index in [9.17, 15) is 10.2 Å². The molecule has 2 aliphatic heterocycles. The molecule has 4 nitrogen and oxygen atoms in total. The first-order valence-corrected chi connectivity index (χ1v) is 3.46. The fraction of sp³-hybridized carbons (Fsp3) is 1.00. The first-order valence-electron chi connectivity index (χ1n) is 3.46. The number of hydrogen-bond donors (Lipinski definition) is 3. The summed E-state index contributed by atoms with van der Waals surface area (Å²) in [6, 6.07) is 0. The highest BCUT2D eigenvalue weighted by molar-refractivity contribution is 4.97. The molecule has 10 heavy (non-hydrogen) atoms. The van der Waals surface area contributed by atoms with Crippen LogP contribution in [-0.4, -0.2) is 41.3 Å². The maximum atomic E-state index is 9.55. The smallest absolute Gasteiger partial charge is 0.136 e. The molecule has 3 atom stereocenters. The fourth-order valence-corrected chi connectivity index (χ4v) is 1.53. The molecule has 0 aromatic carbocycles. The molecule has 2 aliphatic rings. The molecule has 3 unspecified atom stereocenters. The molecule has 4 heteroatoms. The Bertz CT molecular complexity index is 150. The first-order chi connectivity index (χ1) is 4.71. The van der Waals surface area contributed by atoms with Crippen LogP contribution >= 0.6 is 0 Å². The lowest BCUT2D eigenvalue weighted by molar-refractivity contribution is -0.0908. The largest absolute Gasteiger partial charge is 0.383 e. The Morgan fingerprint density at radius 3 is 3.10 bits per heavy atom. The molecule has 0 amide bonds. The van der Waals surface area contributed by atoms with Crippen molar-refractivity contribution < 1.29 is 14.9 Å². The van der Waals surface area contributed by atoms with E-state index in [-0.39, 0.29) is 12.7 Å². The predicted molar refractivity (Wildman–Crippen MR) is 33.3 cm³/mol. The average Bonchev–Trinajstić information content (AvgIpc) is 2.22. The van der Waals surface area contributed by atoms with Crippen molar-refractivity contribution in [3.63, 3.8) is 0 Å². The molecule has 0 aliphatic carbocycles. The highest BCUT2D eigenvalue weighted by Crippen LogP contribution is 2.29. The summed E-state index contributed by atoms with van der Waals surface area (Å²) < 4.78 is 5.18. The van der Waals surface area contributed by atoms with Crippen LogP contribution in [0.5, 0.6) is 0 Å². The summed E-state index contributed by atoms with van der Waals surface area (Å²) in [6.45, 7) is 0.898. The fourth-order valence-electron chi connectivity index (χ4n) is 1.53. The van der Waals surface area contributed by atoms with Crippen molar-refractivity contribution >= 4 is 0 Å². The van der Waals surface area contributed by atoms with Crippen LogP contribution < -0.4 is 5.32 Å². The van der Waals surface area contributed by atoms with Crippen LogP contribution in [0.4, 0.5) is 0 Å². The number of piperidine rings is 1. The summed E-state index contributed by atoms with van der Waals surface area (Å²) in [5, 5.41) is 21.5. The first kappa shape index (κ1) is 6.54. The van der Waals surface area contributed by atoms with Gasteiger partial charge >= 0.3 is 0 Å². The normalized spacial score (nSPS) is 53.4. The minimum atomic E-state index is -1.02. The van der Waals surface area contributed by atoms with Crippen molar-refractivity contribution in [3.05, 3.63) is 0 Å². The van der Waals surface area contributed by atoms with Crippen LogP contribution in [0.2, 0.25) is 0 Å². The van der Waals surface area contributed by atoms with Crippen LogP contribution in [0.15, 0.2) is 0 Å². The van der Waals surface area contributed by atoms with E-state index in [0.717, 1.165) is 0 Å². The third-order valence-electron chi connectivity index (χ3n) is 2.20. The quantitative estimate of drug-likeness (QED) is 0.385. The molecule has 58 valence electrons. The number of rotatable bonds is 0. The summed E-state index contributed by atoms with van der Waals surface area (Å²) in [4.78, 5) is 0. The minimum absolute atomic E-state index is 0.0911. The van der Waals surface area contributed by atoms with Gasteiger partial charge in [0.05, 0.1) is 12.7 Å². The maximum absolute atomic E-state index is 9.55. The second-order valence-electron chi connectivity index (χ2n) is 3.05. The number of hydrogen-bond acceptors (Lipinski definition) is 4. The highest BCUT2D eigenvalue weighted by Gasteiger charge is 2.47. The van der Waals surface area contributed by atoms with Crippen molar-refractivity contribution in [3.8, 4) is 0 Å². The van der Waals surface area contributed by atoms with Crippen LogP contribution in [0.25, 0.3) is 0 Å².